The Kier molecular flexibility index (Phi) is 4.43. The molecule has 1 atom stereocenters. The number of carboxylic acids is 1. The molecule has 0 radical (unpaired) electrons. The summed E-state index contributed by atoms with van der Waals surface area (Å²) in [6, 6.07) is 0.871. The van der Waals surface area contributed by atoms with Crippen molar-refractivity contribution in [2.75, 3.05) is 14.2 Å². The molecule has 0 fully saturated rings. The first-order valence-corrected chi connectivity index (χ1v) is 4.94. The van der Waals surface area contributed by atoms with Crippen LogP contribution in [0.5, 0.6) is 11.5 Å². The van der Waals surface area contributed by atoms with Gasteiger partial charge in [0.1, 0.15) is 6.04 Å². The summed E-state index contributed by atoms with van der Waals surface area (Å²) in [5, 5.41) is 8.77. The highest BCUT2D eigenvalue weighted by Gasteiger charge is 2.23. The third kappa shape index (κ3) is 2.67. The second kappa shape index (κ2) is 5.63. The summed E-state index contributed by atoms with van der Waals surface area (Å²) >= 11 is 0. The van der Waals surface area contributed by atoms with Crippen LogP contribution in [0.25, 0.3) is 0 Å². The van der Waals surface area contributed by atoms with Crippen molar-refractivity contribution in [1.82, 2.24) is 0 Å². The summed E-state index contributed by atoms with van der Waals surface area (Å²) in [7, 11) is 2.49. The molecular weight excluding hydrogens is 248 g/mol. The molecule has 0 saturated heterocycles. The van der Waals surface area contributed by atoms with Crippen LogP contribution in [-0.4, -0.2) is 25.3 Å². The molecule has 0 aliphatic heterocycles. The zero-order chi connectivity index (χ0) is 13.9. The van der Waals surface area contributed by atoms with Crippen molar-refractivity contribution >= 4 is 5.97 Å². The van der Waals surface area contributed by atoms with Crippen molar-refractivity contribution in [3.63, 3.8) is 0 Å². The fourth-order valence-electron chi connectivity index (χ4n) is 1.50. The van der Waals surface area contributed by atoms with Crippen molar-refractivity contribution in [2.24, 2.45) is 5.73 Å². The average molecular weight is 261 g/mol. The number of carbonyl (C=O) groups is 1. The molecule has 7 heteroatoms. The van der Waals surface area contributed by atoms with Crippen LogP contribution in [0.1, 0.15) is 23.6 Å². The Morgan fingerprint density at radius 3 is 2.33 bits per heavy atom. The highest BCUT2D eigenvalue weighted by atomic mass is 19.3. The third-order valence-electron chi connectivity index (χ3n) is 2.39. The van der Waals surface area contributed by atoms with Crippen molar-refractivity contribution in [1.29, 1.82) is 0 Å². The molecule has 18 heavy (non-hydrogen) atoms. The van der Waals surface area contributed by atoms with Crippen molar-refractivity contribution in [3.8, 4) is 11.5 Å². The molecule has 1 unspecified atom stereocenters. The molecule has 0 bridgehead atoms. The van der Waals surface area contributed by atoms with Gasteiger partial charge >= 0.3 is 5.97 Å². The van der Waals surface area contributed by atoms with E-state index < -0.39 is 24.0 Å². The number of carboxylic acid groups (broad SMARTS) is 1. The first kappa shape index (κ1) is 14.2. The Morgan fingerprint density at radius 1 is 1.33 bits per heavy atom. The lowest BCUT2D eigenvalue weighted by molar-refractivity contribution is -0.138. The number of ether oxygens (including phenoxy) is 2. The van der Waals surface area contributed by atoms with E-state index in [2.05, 4.69) is 0 Å². The van der Waals surface area contributed by atoms with Crippen LogP contribution in [0.15, 0.2) is 12.1 Å². The van der Waals surface area contributed by atoms with E-state index in [4.69, 9.17) is 20.3 Å². The predicted octanol–water partition coefficient (Wildman–Crippen LogP) is 1.73. The standard InChI is InChI=1S/C11H13F2NO4/c1-17-7-4-5(8(14)11(15)16)3-6(10(12)13)9(7)18-2/h3-4,8,10H,14H2,1-2H3,(H,15,16). The first-order valence-electron chi connectivity index (χ1n) is 4.94. The van der Waals surface area contributed by atoms with Crippen LogP contribution in [0.2, 0.25) is 0 Å². The van der Waals surface area contributed by atoms with E-state index >= 15 is 0 Å². The van der Waals surface area contributed by atoms with Gasteiger partial charge in [0.15, 0.2) is 11.5 Å². The number of alkyl halides is 2. The molecule has 3 N–H and O–H groups in total. The minimum atomic E-state index is -2.82. The van der Waals surface area contributed by atoms with Crippen molar-refractivity contribution in [3.05, 3.63) is 23.3 Å². The van der Waals surface area contributed by atoms with Gasteiger partial charge in [-0.05, 0) is 17.7 Å². The summed E-state index contributed by atoms with van der Waals surface area (Å²) in [5.74, 6) is -1.43. The quantitative estimate of drug-likeness (QED) is 0.843. The van der Waals surface area contributed by atoms with E-state index in [1.807, 2.05) is 0 Å². The molecule has 0 amide bonds. The Hall–Kier alpha value is -1.89. The normalized spacial score (nSPS) is 12.3. The molecule has 5 nitrogen and oxygen atoms in total. The second-order valence-corrected chi connectivity index (χ2v) is 3.46. The molecular formula is C11H13F2NO4. The van der Waals surface area contributed by atoms with Crippen LogP contribution >= 0.6 is 0 Å². The molecule has 0 aliphatic rings. The zero-order valence-electron chi connectivity index (χ0n) is 9.81. The molecule has 100 valence electrons. The van der Waals surface area contributed by atoms with Gasteiger partial charge in [-0.1, -0.05) is 0 Å². The van der Waals surface area contributed by atoms with Gasteiger partial charge < -0.3 is 20.3 Å². The van der Waals surface area contributed by atoms with Crippen LogP contribution in [-0.2, 0) is 4.79 Å². The van der Waals surface area contributed by atoms with Gasteiger partial charge in [-0.15, -0.1) is 0 Å². The van der Waals surface area contributed by atoms with Gasteiger partial charge in [0.25, 0.3) is 6.43 Å². The molecule has 1 rings (SSSR count). The highest BCUT2D eigenvalue weighted by Crippen LogP contribution is 2.39. The molecule has 0 spiro atoms. The second-order valence-electron chi connectivity index (χ2n) is 3.46. The maximum Gasteiger partial charge on any atom is 0.325 e. The van der Waals surface area contributed by atoms with Crippen LogP contribution in [0, 0.1) is 0 Å². The number of nitrogens with two attached hydrogens (primary N) is 1. The summed E-state index contributed by atoms with van der Waals surface area (Å²) < 4.78 is 35.4. The average Bonchev–Trinajstić information content (AvgIpc) is 2.35. The Bertz CT molecular complexity index is 451. The van der Waals surface area contributed by atoms with Gasteiger partial charge in [-0.25, -0.2) is 8.78 Å². The predicted molar refractivity (Wildman–Crippen MR) is 59.1 cm³/mol. The molecule has 0 heterocycles. The third-order valence-corrected chi connectivity index (χ3v) is 2.39. The molecule has 1 aromatic carbocycles. The molecule has 0 saturated carbocycles. The van der Waals surface area contributed by atoms with E-state index in [1.54, 1.807) is 0 Å². The Labute approximate surface area is 102 Å². The van der Waals surface area contributed by atoms with E-state index in [-0.39, 0.29) is 17.1 Å². The number of halogens is 2. The van der Waals surface area contributed by atoms with E-state index in [0.717, 1.165) is 6.07 Å². The molecule has 1 aromatic rings. The number of benzene rings is 1. The van der Waals surface area contributed by atoms with Crippen LogP contribution in [0.3, 0.4) is 0 Å². The molecule has 0 aliphatic carbocycles. The smallest absolute Gasteiger partial charge is 0.325 e. The fraction of sp³-hybridized carbons (Fsp3) is 0.364. The summed E-state index contributed by atoms with van der Waals surface area (Å²) in [5.41, 5.74) is 4.95. The van der Waals surface area contributed by atoms with Crippen LogP contribution in [0.4, 0.5) is 8.78 Å². The van der Waals surface area contributed by atoms with Crippen molar-refractivity contribution in [2.45, 2.75) is 12.5 Å². The number of aliphatic carboxylic acids is 1. The maximum atomic E-state index is 12.9. The van der Waals surface area contributed by atoms with Gasteiger partial charge in [-0.3, -0.25) is 4.79 Å². The first-order chi connectivity index (χ1) is 8.42. The minimum absolute atomic E-state index is 0.0157. The molecule has 0 aromatic heterocycles. The van der Waals surface area contributed by atoms with E-state index in [0.29, 0.717) is 0 Å². The fourth-order valence-corrected chi connectivity index (χ4v) is 1.50. The van der Waals surface area contributed by atoms with E-state index in [1.165, 1.54) is 20.3 Å². The van der Waals surface area contributed by atoms with Crippen molar-refractivity contribution < 1.29 is 28.2 Å². The van der Waals surface area contributed by atoms with Gasteiger partial charge in [0.2, 0.25) is 0 Å². The number of hydrogen-bond acceptors (Lipinski definition) is 4. The minimum Gasteiger partial charge on any atom is -0.493 e. The lowest BCUT2D eigenvalue weighted by Gasteiger charge is -2.16. The summed E-state index contributed by atoms with van der Waals surface area (Å²) in [6.07, 6.45) is -2.82. The van der Waals surface area contributed by atoms with E-state index in [9.17, 15) is 13.6 Å². The Balaban J connectivity index is 3.40. The van der Waals surface area contributed by atoms with Crippen LogP contribution < -0.4 is 15.2 Å². The van der Waals surface area contributed by atoms with Gasteiger partial charge in [0, 0.05) is 0 Å². The number of methoxy groups -OCH3 is 2. The number of rotatable bonds is 5. The summed E-state index contributed by atoms with van der Waals surface area (Å²) in [6.45, 7) is 0. The lowest BCUT2D eigenvalue weighted by atomic mass is 10.0. The van der Waals surface area contributed by atoms with Gasteiger partial charge in [0.05, 0.1) is 19.8 Å². The Morgan fingerprint density at radius 2 is 1.94 bits per heavy atom. The highest BCUT2D eigenvalue weighted by molar-refractivity contribution is 5.76. The number of hydrogen-bond donors (Lipinski definition) is 2. The van der Waals surface area contributed by atoms with Gasteiger partial charge in [-0.2, -0.15) is 0 Å². The lowest BCUT2D eigenvalue weighted by Crippen LogP contribution is -2.21. The largest absolute Gasteiger partial charge is 0.493 e. The zero-order valence-corrected chi connectivity index (χ0v) is 9.81. The SMILES string of the molecule is COc1cc(C(N)C(=O)O)cc(C(F)F)c1OC. The summed E-state index contributed by atoms with van der Waals surface area (Å²) in [4.78, 5) is 10.8. The topological polar surface area (TPSA) is 81.8 Å². The monoisotopic (exact) mass is 261 g/mol. The maximum absolute atomic E-state index is 12.9.